The van der Waals surface area contributed by atoms with Gasteiger partial charge in [0.05, 0.1) is 4.90 Å². The van der Waals surface area contributed by atoms with Crippen LogP contribution >= 0.6 is 0 Å². The Hall–Kier alpha value is -2.49. The van der Waals surface area contributed by atoms with E-state index in [2.05, 4.69) is 15.2 Å². The van der Waals surface area contributed by atoms with E-state index in [0.717, 1.165) is 18.4 Å². The molecule has 1 saturated carbocycles. The van der Waals surface area contributed by atoms with Gasteiger partial charge in [0.15, 0.2) is 5.76 Å². The molecular weight excluding hydrogens is 392 g/mol. The Balaban J connectivity index is 1.67. The number of benzene rings is 1. The largest absolute Gasteiger partial charge is 0.354 e. The van der Waals surface area contributed by atoms with E-state index in [1.165, 1.54) is 0 Å². The van der Waals surface area contributed by atoms with Gasteiger partial charge in [0.25, 0.3) is 0 Å². The fourth-order valence-electron chi connectivity index (χ4n) is 2.64. The van der Waals surface area contributed by atoms with Crippen LogP contribution in [0.15, 0.2) is 33.7 Å². The number of carbonyl (C=O) groups excluding carboxylic acids is 1. The van der Waals surface area contributed by atoms with Crippen LogP contribution in [-0.4, -0.2) is 51.6 Å². The van der Waals surface area contributed by atoms with Crippen molar-refractivity contribution >= 4 is 33.8 Å². The summed E-state index contributed by atoms with van der Waals surface area (Å²) >= 11 is 0. The number of likely N-dealkylation sites (N-methyl/N-ethyl adjacent to an activating group) is 1. The summed E-state index contributed by atoms with van der Waals surface area (Å²) in [6.07, 6.45) is 5.32. The van der Waals surface area contributed by atoms with Gasteiger partial charge in [0.2, 0.25) is 15.9 Å². The number of aryl methyl sites for hydroxylation is 1. The average molecular weight is 419 g/mol. The quantitative estimate of drug-likeness (QED) is 0.648. The number of nitrogens with zero attached hydrogens (tertiary/aromatic N) is 2. The molecule has 156 valence electrons. The number of hydrogen-bond acceptors (Lipinski definition) is 6. The first-order valence-corrected chi connectivity index (χ1v) is 10.9. The number of carbonyl (C=O) groups is 1. The molecule has 3 rings (SSSR count). The second kappa shape index (κ2) is 8.89. The Bertz CT molecular complexity index is 990. The van der Waals surface area contributed by atoms with Crippen molar-refractivity contribution in [3.8, 4) is 0 Å². The molecule has 0 unspecified atom stereocenters. The molecule has 1 amide bonds. The number of rotatable bonds is 9. The van der Waals surface area contributed by atoms with Crippen molar-refractivity contribution in [1.29, 1.82) is 0 Å². The van der Waals surface area contributed by atoms with Crippen molar-refractivity contribution in [3.05, 3.63) is 41.3 Å². The number of sulfonamides is 1. The van der Waals surface area contributed by atoms with Gasteiger partial charge in [-0.3, -0.25) is 4.79 Å². The van der Waals surface area contributed by atoms with Gasteiger partial charge in [-0.2, -0.15) is 0 Å². The molecule has 29 heavy (non-hydrogen) atoms. The van der Waals surface area contributed by atoms with Crippen LogP contribution in [0.5, 0.6) is 0 Å². The van der Waals surface area contributed by atoms with Crippen LogP contribution in [0.1, 0.15) is 29.9 Å². The van der Waals surface area contributed by atoms with Gasteiger partial charge >= 0.3 is 0 Å². The van der Waals surface area contributed by atoms with Gasteiger partial charge in [-0.15, -0.1) is 0 Å². The fourth-order valence-corrected chi connectivity index (χ4v) is 3.66. The highest BCUT2D eigenvalue weighted by atomic mass is 32.2. The maximum Gasteiger partial charge on any atom is 0.240 e. The van der Waals surface area contributed by atoms with E-state index in [1.807, 2.05) is 19.0 Å². The summed E-state index contributed by atoms with van der Waals surface area (Å²) in [4.78, 5) is 14.1. The third kappa shape index (κ3) is 5.75. The third-order valence-corrected chi connectivity index (χ3v) is 6.03. The van der Waals surface area contributed by atoms with Crippen molar-refractivity contribution in [2.75, 3.05) is 32.5 Å². The van der Waals surface area contributed by atoms with Crippen LogP contribution in [0, 0.1) is 12.8 Å². The summed E-state index contributed by atoms with van der Waals surface area (Å²) < 4.78 is 32.5. The smallest absolute Gasteiger partial charge is 0.240 e. The SMILES string of the molecule is Cc1noc(C=Cc2ccc(S(=O)(=O)NCCN(C)C)cc2)c1NC(=O)C1CC1. The highest BCUT2D eigenvalue weighted by Gasteiger charge is 2.30. The van der Waals surface area contributed by atoms with E-state index >= 15 is 0 Å². The number of anilines is 1. The van der Waals surface area contributed by atoms with Crippen LogP contribution in [0.25, 0.3) is 12.2 Å². The van der Waals surface area contributed by atoms with Crippen LogP contribution in [0.3, 0.4) is 0 Å². The number of amides is 1. The van der Waals surface area contributed by atoms with Gasteiger partial charge in [0, 0.05) is 19.0 Å². The minimum atomic E-state index is -3.54. The van der Waals surface area contributed by atoms with E-state index in [-0.39, 0.29) is 16.7 Å². The van der Waals surface area contributed by atoms with Gasteiger partial charge < -0.3 is 14.7 Å². The first-order chi connectivity index (χ1) is 13.8. The monoisotopic (exact) mass is 418 g/mol. The molecule has 0 aliphatic heterocycles. The maximum absolute atomic E-state index is 12.3. The van der Waals surface area contributed by atoms with Crippen molar-refractivity contribution in [2.45, 2.75) is 24.7 Å². The minimum Gasteiger partial charge on any atom is -0.354 e. The lowest BCUT2D eigenvalue weighted by Crippen LogP contribution is -2.31. The first-order valence-electron chi connectivity index (χ1n) is 9.46. The normalized spacial score (nSPS) is 14.6. The lowest BCUT2D eigenvalue weighted by Gasteiger charge is -2.11. The van der Waals surface area contributed by atoms with Crippen LogP contribution in [0.4, 0.5) is 5.69 Å². The zero-order chi connectivity index (χ0) is 21.0. The van der Waals surface area contributed by atoms with E-state index < -0.39 is 10.0 Å². The second-order valence-corrected chi connectivity index (χ2v) is 9.14. The highest BCUT2D eigenvalue weighted by Crippen LogP contribution is 2.32. The summed E-state index contributed by atoms with van der Waals surface area (Å²) in [6.45, 7) is 2.74. The summed E-state index contributed by atoms with van der Waals surface area (Å²) in [5, 5.41) is 6.79. The Kier molecular flexibility index (Phi) is 6.51. The predicted octanol–water partition coefficient (Wildman–Crippen LogP) is 2.34. The molecule has 0 saturated heterocycles. The number of nitrogens with one attached hydrogen (secondary N) is 2. The maximum atomic E-state index is 12.3. The number of hydrogen-bond donors (Lipinski definition) is 2. The Morgan fingerprint density at radius 3 is 2.55 bits per heavy atom. The molecule has 1 fully saturated rings. The highest BCUT2D eigenvalue weighted by molar-refractivity contribution is 7.89. The molecule has 2 aromatic rings. The molecule has 9 heteroatoms. The third-order valence-electron chi connectivity index (χ3n) is 4.55. The van der Waals surface area contributed by atoms with E-state index in [0.29, 0.717) is 30.2 Å². The van der Waals surface area contributed by atoms with E-state index in [4.69, 9.17) is 4.52 Å². The van der Waals surface area contributed by atoms with Crippen molar-refractivity contribution < 1.29 is 17.7 Å². The Labute approximate surface area is 171 Å². The molecule has 1 aromatic heterocycles. The zero-order valence-corrected chi connectivity index (χ0v) is 17.6. The summed E-state index contributed by atoms with van der Waals surface area (Å²) in [7, 11) is 0.231. The Morgan fingerprint density at radius 1 is 1.24 bits per heavy atom. The van der Waals surface area contributed by atoms with Gasteiger partial charge in [-0.25, -0.2) is 13.1 Å². The van der Waals surface area contributed by atoms with E-state index in [9.17, 15) is 13.2 Å². The van der Waals surface area contributed by atoms with Crippen LogP contribution in [0.2, 0.25) is 0 Å². The lowest BCUT2D eigenvalue weighted by atomic mass is 10.2. The molecule has 0 spiro atoms. The molecule has 1 aliphatic carbocycles. The number of aromatic nitrogens is 1. The van der Waals surface area contributed by atoms with Gasteiger partial charge in [0.1, 0.15) is 11.4 Å². The lowest BCUT2D eigenvalue weighted by molar-refractivity contribution is -0.117. The first kappa shape index (κ1) is 21.2. The molecule has 0 atom stereocenters. The summed E-state index contributed by atoms with van der Waals surface area (Å²) in [6, 6.07) is 6.53. The summed E-state index contributed by atoms with van der Waals surface area (Å²) in [5.41, 5.74) is 1.98. The molecule has 1 heterocycles. The minimum absolute atomic E-state index is 0.0118. The Morgan fingerprint density at radius 2 is 1.93 bits per heavy atom. The molecule has 1 aromatic carbocycles. The molecular formula is C20H26N4O4S. The molecule has 2 N–H and O–H groups in total. The standard InChI is InChI=1S/C20H26N4O4S/c1-14-19(22-20(25)16-7-8-16)18(28-23-14)11-6-15-4-9-17(10-5-15)29(26,27)21-12-13-24(2)3/h4-6,9-11,16,21H,7-8,12-13H2,1-3H3,(H,22,25). The summed E-state index contributed by atoms with van der Waals surface area (Å²) in [5.74, 6) is 0.530. The topological polar surface area (TPSA) is 105 Å². The van der Waals surface area contributed by atoms with Crippen LogP contribution < -0.4 is 10.0 Å². The van der Waals surface area contributed by atoms with Gasteiger partial charge in [-0.05, 0) is 57.6 Å². The van der Waals surface area contributed by atoms with Crippen LogP contribution in [-0.2, 0) is 14.8 Å². The van der Waals surface area contributed by atoms with E-state index in [1.54, 1.807) is 43.3 Å². The van der Waals surface area contributed by atoms with Gasteiger partial charge in [-0.1, -0.05) is 23.4 Å². The zero-order valence-electron chi connectivity index (χ0n) is 16.8. The van der Waals surface area contributed by atoms with Crippen molar-refractivity contribution in [2.24, 2.45) is 5.92 Å². The second-order valence-electron chi connectivity index (χ2n) is 7.37. The molecule has 0 bridgehead atoms. The average Bonchev–Trinajstić information content (AvgIpc) is 3.46. The van der Waals surface area contributed by atoms with Crippen molar-refractivity contribution in [1.82, 2.24) is 14.8 Å². The van der Waals surface area contributed by atoms with Crippen molar-refractivity contribution in [3.63, 3.8) is 0 Å². The molecule has 1 aliphatic rings. The molecule has 8 nitrogen and oxygen atoms in total. The molecule has 0 radical (unpaired) electrons. The predicted molar refractivity (Wildman–Crippen MR) is 112 cm³/mol. The fraction of sp³-hybridized carbons (Fsp3) is 0.400.